The number of nitrogens with zero attached hydrogens (tertiary/aromatic N) is 1. The van der Waals surface area contributed by atoms with Gasteiger partial charge in [0.25, 0.3) is 0 Å². The summed E-state index contributed by atoms with van der Waals surface area (Å²) in [5.74, 6) is -0.620. The van der Waals surface area contributed by atoms with Crippen LogP contribution < -0.4 is 16.0 Å². The third-order valence-electron chi connectivity index (χ3n) is 5.55. The number of likely N-dealkylation sites (N-methyl/N-ethyl adjacent to an activating group) is 1. The zero-order valence-corrected chi connectivity index (χ0v) is 18.2. The lowest BCUT2D eigenvalue weighted by atomic mass is 9.96. The minimum atomic E-state index is -0.613. The lowest BCUT2D eigenvalue weighted by molar-refractivity contribution is -0.125. The monoisotopic (exact) mass is 402 g/mol. The Morgan fingerprint density at radius 3 is 2.24 bits per heavy atom. The fraction of sp³-hybridized carbons (Fsp3) is 0.591. The van der Waals surface area contributed by atoms with E-state index in [9.17, 15) is 14.4 Å². The van der Waals surface area contributed by atoms with Crippen LogP contribution in [0.4, 0.5) is 10.5 Å². The number of rotatable bonds is 6. The first-order valence-electron chi connectivity index (χ1n) is 10.4. The summed E-state index contributed by atoms with van der Waals surface area (Å²) in [5.41, 5.74) is 3.96. The smallest absolute Gasteiger partial charge is 0.321 e. The number of carbonyl (C=O) groups is 3. The van der Waals surface area contributed by atoms with E-state index in [1.165, 1.54) is 6.42 Å². The molecule has 160 valence electrons. The van der Waals surface area contributed by atoms with Crippen molar-refractivity contribution in [1.82, 2.24) is 15.5 Å². The van der Waals surface area contributed by atoms with Crippen LogP contribution >= 0.6 is 0 Å². The second kappa shape index (κ2) is 10.4. The maximum absolute atomic E-state index is 12.5. The van der Waals surface area contributed by atoms with E-state index in [1.807, 2.05) is 32.9 Å². The molecule has 1 saturated carbocycles. The summed E-state index contributed by atoms with van der Waals surface area (Å²) in [6.07, 6.45) is 5.31. The molecular formula is C22H34N4O3. The summed E-state index contributed by atoms with van der Waals surface area (Å²) in [5, 5.41) is 8.19. The van der Waals surface area contributed by atoms with Gasteiger partial charge in [-0.2, -0.15) is 0 Å². The molecule has 1 fully saturated rings. The van der Waals surface area contributed by atoms with Gasteiger partial charge in [-0.25, -0.2) is 4.79 Å². The van der Waals surface area contributed by atoms with Crippen molar-refractivity contribution in [2.45, 2.75) is 71.9 Å². The van der Waals surface area contributed by atoms with E-state index >= 15 is 0 Å². The Morgan fingerprint density at radius 2 is 1.66 bits per heavy atom. The van der Waals surface area contributed by atoms with Crippen LogP contribution in [0.2, 0.25) is 0 Å². The first-order chi connectivity index (χ1) is 13.7. The Hall–Kier alpha value is -2.41. The van der Waals surface area contributed by atoms with E-state index in [-0.39, 0.29) is 18.5 Å². The first-order valence-corrected chi connectivity index (χ1v) is 10.4. The Labute approximate surface area is 173 Å². The second-order valence-corrected chi connectivity index (χ2v) is 8.21. The first kappa shape index (κ1) is 22.9. The molecule has 1 aliphatic rings. The number of anilines is 1. The van der Waals surface area contributed by atoms with Gasteiger partial charge in [0.2, 0.25) is 11.8 Å². The van der Waals surface area contributed by atoms with Gasteiger partial charge in [-0.1, -0.05) is 37.0 Å². The average Bonchev–Trinajstić information content (AvgIpc) is 2.64. The number of nitrogens with one attached hydrogen (secondary N) is 3. The van der Waals surface area contributed by atoms with Crippen LogP contribution in [-0.2, 0) is 9.59 Å². The van der Waals surface area contributed by atoms with Gasteiger partial charge in [-0.3, -0.25) is 19.8 Å². The van der Waals surface area contributed by atoms with Crippen LogP contribution in [0.1, 0.15) is 55.7 Å². The molecule has 0 bridgehead atoms. The zero-order chi connectivity index (χ0) is 21.6. The Balaban J connectivity index is 1.84. The van der Waals surface area contributed by atoms with Crippen molar-refractivity contribution < 1.29 is 14.4 Å². The summed E-state index contributed by atoms with van der Waals surface area (Å²) in [6.45, 7) is 7.66. The maximum atomic E-state index is 12.5. The highest BCUT2D eigenvalue weighted by molar-refractivity contribution is 5.98. The molecule has 0 saturated heterocycles. The number of aryl methyl sites for hydroxylation is 3. The lowest BCUT2D eigenvalue weighted by Gasteiger charge is -2.25. The Kier molecular flexibility index (Phi) is 8.20. The number of benzene rings is 1. The molecule has 0 heterocycles. The maximum Gasteiger partial charge on any atom is 0.321 e. The van der Waals surface area contributed by atoms with Crippen LogP contribution in [-0.4, -0.2) is 48.4 Å². The van der Waals surface area contributed by atoms with Crippen molar-refractivity contribution >= 4 is 23.5 Å². The molecule has 29 heavy (non-hydrogen) atoms. The van der Waals surface area contributed by atoms with Crippen LogP contribution in [0.25, 0.3) is 0 Å². The third-order valence-corrected chi connectivity index (χ3v) is 5.55. The summed E-state index contributed by atoms with van der Waals surface area (Å²) >= 11 is 0. The molecule has 1 aromatic rings. The van der Waals surface area contributed by atoms with Crippen molar-refractivity contribution in [2.75, 3.05) is 18.9 Å². The van der Waals surface area contributed by atoms with Gasteiger partial charge in [0, 0.05) is 11.7 Å². The van der Waals surface area contributed by atoms with Crippen molar-refractivity contribution in [3.05, 3.63) is 28.8 Å². The fourth-order valence-corrected chi connectivity index (χ4v) is 3.80. The van der Waals surface area contributed by atoms with Gasteiger partial charge in [-0.05, 0) is 58.7 Å². The van der Waals surface area contributed by atoms with Crippen LogP contribution in [0.3, 0.4) is 0 Å². The number of urea groups is 1. The molecule has 4 amide bonds. The molecule has 7 nitrogen and oxygen atoms in total. The predicted molar refractivity (Wildman–Crippen MR) is 115 cm³/mol. The van der Waals surface area contributed by atoms with Crippen LogP contribution in [0, 0.1) is 20.8 Å². The van der Waals surface area contributed by atoms with Crippen molar-refractivity contribution in [3.8, 4) is 0 Å². The third kappa shape index (κ3) is 6.85. The average molecular weight is 403 g/mol. The summed E-state index contributed by atoms with van der Waals surface area (Å²) in [6, 6.07) is 3.10. The molecule has 7 heteroatoms. The molecule has 1 aromatic carbocycles. The number of amides is 4. The van der Waals surface area contributed by atoms with Crippen LogP contribution in [0.5, 0.6) is 0 Å². The molecule has 0 aromatic heterocycles. The van der Waals surface area contributed by atoms with Gasteiger partial charge in [0.15, 0.2) is 0 Å². The van der Waals surface area contributed by atoms with E-state index < -0.39 is 18.0 Å². The molecule has 0 aliphatic heterocycles. The van der Waals surface area contributed by atoms with Crippen molar-refractivity contribution in [2.24, 2.45) is 0 Å². The minimum Gasteiger partial charge on any atom is -0.335 e. The molecule has 2 rings (SSSR count). The van der Waals surface area contributed by atoms with E-state index in [0.717, 1.165) is 48.1 Å². The Bertz CT molecular complexity index is 733. The summed E-state index contributed by atoms with van der Waals surface area (Å²) in [4.78, 5) is 38.5. The molecule has 0 radical (unpaired) electrons. The molecule has 0 unspecified atom stereocenters. The predicted octanol–water partition coefficient (Wildman–Crippen LogP) is 3.03. The van der Waals surface area contributed by atoms with Gasteiger partial charge in [0.05, 0.1) is 12.6 Å². The quantitative estimate of drug-likeness (QED) is 0.682. The summed E-state index contributed by atoms with van der Waals surface area (Å²) < 4.78 is 0. The standard InChI is InChI=1S/C22H34N4O3/c1-14-11-15(2)20(16(3)12-14)24-19(27)13-26(5)17(4)21(28)25-22(29)23-18-9-7-6-8-10-18/h11-12,17-18H,6-10,13H2,1-5H3,(H,24,27)(H2,23,25,28,29)/t17-/m1/s1. The number of hydrogen-bond donors (Lipinski definition) is 3. The summed E-state index contributed by atoms with van der Waals surface area (Å²) in [7, 11) is 1.69. The van der Waals surface area contributed by atoms with Crippen molar-refractivity contribution in [1.29, 1.82) is 0 Å². The van der Waals surface area contributed by atoms with E-state index in [4.69, 9.17) is 0 Å². The highest BCUT2D eigenvalue weighted by Crippen LogP contribution is 2.22. The topological polar surface area (TPSA) is 90.5 Å². The molecule has 3 N–H and O–H groups in total. The second-order valence-electron chi connectivity index (χ2n) is 8.21. The minimum absolute atomic E-state index is 0.0472. The lowest BCUT2D eigenvalue weighted by Crippen LogP contribution is -2.51. The SMILES string of the molecule is Cc1cc(C)c(NC(=O)CN(C)[C@H](C)C(=O)NC(=O)NC2CCCCC2)c(C)c1. The molecule has 1 aliphatic carbocycles. The molecule has 0 spiro atoms. The van der Waals surface area contributed by atoms with Gasteiger partial charge in [-0.15, -0.1) is 0 Å². The normalized spacial score (nSPS) is 15.7. The van der Waals surface area contributed by atoms with Gasteiger partial charge < -0.3 is 10.6 Å². The van der Waals surface area contributed by atoms with E-state index in [0.29, 0.717) is 0 Å². The zero-order valence-electron chi connectivity index (χ0n) is 18.2. The van der Waals surface area contributed by atoms with Gasteiger partial charge >= 0.3 is 6.03 Å². The Morgan fingerprint density at radius 1 is 1.07 bits per heavy atom. The number of carbonyl (C=O) groups excluding carboxylic acids is 3. The van der Waals surface area contributed by atoms with E-state index in [1.54, 1.807) is 18.9 Å². The highest BCUT2D eigenvalue weighted by atomic mass is 16.2. The number of imide groups is 1. The molecule has 1 atom stereocenters. The fourth-order valence-electron chi connectivity index (χ4n) is 3.80. The largest absolute Gasteiger partial charge is 0.335 e. The highest BCUT2D eigenvalue weighted by Gasteiger charge is 2.23. The van der Waals surface area contributed by atoms with Gasteiger partial charge in [0.1, 0.15) is 0 Å². The molecular weight excluding hydrogens is 368 g/mol. The van der Waals surface area contributed by atoms with Crippen molar-refractivity contribution in [3.63, 3.8) is 0 Å². The van der Waals surface area contributed by atoms with E-state index in [2.05, 4.69) is 16.0 Å². The number of hydrogen-bond acceptors (Lipinski definition) is 4. The van der Waals surface area contributed by atoms with Crippen LogP contribution in [0.15, 0.2) is 12.1 Å².